The zero-order valence-electron chi connectivity index (χ0n) is 17.3. The van der Waals surface area contributed by atoms with Crippen molar-refractivity contribution >= 4 is 46.5 Å². The zero-order chi connectivity index (χ0) is 22.7. The second kappa shape index (κ2) is 9.94. The zero-order valence-corrected chi connectivity index (χ0v) is 19.6. The molecule has 9 heteroatoms. The molecule has 0 bridgehead atoms. The first-order chi connectivity index (χ1) is 15.4. The first kappa shape index (κ1) is 22.6. The molecule has 1 amide bonds. The van der Waals surface area contributed by atoms with Crippen molar-refractivity contribution in [3.8, 4) is 17.0 Å². The number of rotatable bonds is 5. The third-order valence-electron chi connectivity index (χ3n) is 5.25. The standard InChI is InChI=1S/C23H21Cl3N4O2/c1-15(32-21-8-6-18(25)14-19(21)26)23(31)30-12-10-29(11-13-30)22-9-7-20(27-28-22)16-2-4-17(24)5-3-16/h2-9,14-15H,10-13H2,1H3. The number of hydrogen-bond acceptors (Lipinski definition) is 5. The first-order valence-electron chi connectivity index (χ1n) is 10.2. The topological polar surface area (TPSA) is 58.6 Å². The van der Waals surface area contributed by atoms with Crippen molar-refractivity contribution in [2.24, 2.45) is 0 Å². The lowest BCUT2D eigenvalue weighted by Gasteiger charge is -2.36. The second-order valence-electron chi connectivity index (χ2n) is 7.43. The van der Waals surface area contributed by atoms with Crippen molar-refractivity contribution in [2.75, 3.05) is 31.1 Å². The molecule has 1 fully saturated rings. The number of aromatic nitrogens is 2. The number of ether oxygens (including phenoxy) is 1. The van der Waals surface area contributed by atoms with E-state index in [9.17, 15) is 4.79 Å². The van der Waals surface area contributed by atoms with Gasteiger partial charge in [0.25, 0.3) is 5.91 Å². The molecular weight excluding hydrogens is 471 g/mol. The molecular formula is C23H21Cl3N4O2. The highest BCUT2D eigenvalue weighted by Crippen LogP contribution is 2.28. The van der Waals surface area contributed by atoms with Crippen LogP contribution in [0.15, 0.2) is 54.6 Å². The lowest BCUT2D eigenvalue weighted by Crippen LogP contribution is -2.52. The molecule has 1 atom stereocenters. The molecule has 3 aromatic rings. The van der Waals surface area contributed by atoms with Crippen LogP contribution in [0.5, 0.6) is 5.75 Å². The smallest absolute Gasteiger partial charge is 0.263 e. The molecule has 166 valence electrons. The van der Waals surface area contributed by atoms with Crippen molar-refractivity contribution in [1.82, 2.24) is 15.1 Å². The Morgan fingerprint density at radius 2 is 1.59 bits per heavy atom. The Hall–Kier alpha value is -2.54. The van der Waals surface area contributed by atoms with E-state index in [0.717, 1.165) is 17.1 Å². The minimum atomic E-state index is -0.654. The van der Waals surface area contributed by atoms with Crippen LogP contribution in [-0.2, 0) is 4.79 Å². The monoisotopic (exact) mass is 490 g/mol. The van der Waals surface area contributed by atoms with Crippen LogP contribution in [0.2, 0.25) is 15.1 Å². The highest BCUT2D eigenvalue weighted by atomic mass is 35.5. The number of nitrogens with zero attached hydrogens (tertiary/aromatic N) is 4. The van der Waals surface area contributed by atoms with Gasteiger partial charge in [0.15, 0.2) is 11.9 Å². The normalized spacial score (nSPS) is 14.9. The van der Waals surface area contributed by atoms with Gasteiger partial charge < -0.3 is 14.5 Å². The van der Waals surface area contributed by atoms with Crippen molar-refractivity contribution in [2.45, 2.75) is 13.0 Å². The Morgan fingerprint density at radius 3 is 2.22 bits per heavy atom. The summed E-state index contributed by atoms with van der Waals surface area (Å²) in [4.78, 5) is 16.7. The minimum Gasteiger partial charge on any atom is -0.479 e. The van der Waals surface area contributed by atoms with E-state index in [-0.39, 0.29) is 5.91 Å². The van der Waals surface area contributed by atoms with E-state index < -0.39 is 6.10 Å². The van der Waals surface area contributed by atoms with Crippen LogP contribution in [0.25, 0.3) is 11.3 Å². The summed E-state index contributed by atoms with van der Waals surface area (Å²) in [5.74, 6) is 1.14. The lowest BCUT2D eigenvalue weighted by atomic mass is 10.1. The van der Waals surface area contributed by atoms with Gasteiger partial charge in [0.05, 0.1) is 10.7 Å². The van der Waals surface area contributed by atoms with E-state index >= 15 is 0 Å². The number of halogens is 3. The van der Waals surface area contributed by atoms with Crippen LogP contribution < -0.4 is 9.64 Å². The average Bonchev–Trinajstić information content (AvgIpc) is 2.81. The maximum Gasteiger partial charge on any atom is 0.263 e. The number of carbonyl (C=O) groups excluding carboxylic acids is 1. The Balaban J connectivity index is 1.33. The van der Waals surface area contributed by atoms with E-state index in [0.29, 0.717) is 47.0 Å². The predicted octanol–water partition coefficient (Wildman–Crippen LogP) is 5.22. The fourth-order valence-electron chi connectivity index (χ4n) is 3.49. The summed E-state index contributed by atoms with van der Waals surface area (Å²) in [6.07, 6.45) is -0.654. The number of benzene rings is 2. The summed E-state index contributed by atoms with van der Waals surface area (Å²) in [6.45, 7) is 4.19. The molecule has 0 spiro atoms. The molecule has 0 radical (unpaired) electrons. The van der Waals surface area contributed by atoms with Gasteiger partial charge in [-0.1, -0.05) is 46.9 Å². The first-order valence-corrected chi connectivity index (χ1v) is 11.3. The van der Waals surface area contributed by atoms with E-state index in [2.05, 4.69) is 15.1 Å². The van der Waals surface area contributed by atoms with E-state index in [4.69, 9.17) is 39.5 Å². The third-order valence-corrected chi connectivity index (χ3v) is 6.03. The molecule has 1 aromatic heterocycles. The molecule has 1 saturated heterocycles. The molecule has 1 unspecified atom stereocenters. The van der Waals surface area contributed by atoms with Crippen LogP contribution >= 0.6 is 34.8 Å². The summed E-state index contributed by atoms with van der Waals surface area (Å²) in [6, 6.07) is 16.3. The van der Waals surface area contributed by atoms with Gasteiger partial charge in [-0.3, -0.25) is 4.79 Å². The number of hydrogen-bond donors (Lipinski definition) is 0. The van der Waals surface area contributed by atoms with Gasteiger partial charge in [-0.15, -0.1) is 10.2 Å². The molecule has 0 saturated carbocycles. The second-order valence-corrected chi connectivity index (χ2v) is 8.71. The summed E-state index contributed by atoms with van der Waals surface area (Å²) < 4.78 is 5.76. The number of carbonyl (C=O) groups is 1. The van der Waals surface area contributed by atoms with Gasteiger partial charge in [0.2, 0.25) is 0 Å². The van der Waals surface area contributed by atoms with Crippen LogP contribution in [0.3, 0.4) is 0 Å². The Labute approximate surface area is 201 Å². The summed E-state index contributed by atoms with van der Waals surface area (Å²) in [5, 5.41) is 10.3. The molecule has 0 aliphatic carbocycles. The molecule has 4 rings (SSSR count). The van der Waals surface area contributed by atoms with Crippen molar-refractivity contribution < 1.29 is 9.53 Å². The largest absolute Gasteiger partial charge is 0.479 e. The number of anilines is 1. The van der Waals surface area contributed by atoms with Crippen molar-refractivity contribution in [3.05, 3.63) is 69.7 Å². The van der Waals surface area contributed by atoms with Crippen LogP contribution in [0.4, 0.5) is 5.82 Å². The SMILES string of the molecule is CC(Oc1ccc(Cl)cc1Cl)C(=O)N1CCN(c2ccc(-c3ccc(Cl)cc3)nn2)CC1. The molecule has 0 N–H and O–H groups in total. The molecule has 32 heavy (non-hydrogen) atoms. The number of piperazine rings is 1. The van der Waals surface area contributed by atoms with Crippen molar-refractivity contribution in [1.29, 1.82) is 0 Å². The Morgan fingerprint density at radius 1 is 0.906 bits per heavy atom. The van der Waals surface area contributed by atoms with Crippen LogP contribution in [-0.4, -0.2) is 53.3 Å². The highest BCUT2D eigenvalue weighted by Gasteiger charge is 2.27. The summed E-state index contributed by atoms with van der Waals surface area (Å²) >= 11 is 18.0. The molecule has 2 aromatic carbocycles. The molecule has 1 aliphatic heterocycles. The fraction of sp³-hybridized carbons (Fsp3) is 0.261. The van der Waals surface area contributed by atoms with Gasteiger partial charge in [-0.25, -0.2) is 0 Å². The van der Waals surface area contributed by atoms with E-state index in [1.165, 1.54) is 0 Å². The quantitative estimate of drug-likeness (QED) is 0.490. The van der Waals surface area contributed by atoms with Gasteiger partial charge in [0.1, 0.15) is 5.75 Å². The summed E-state index contributed by atoms with van der Waals surface area (Å²) in [7, 11) is 0. The van der Waals surface area contributed by atoms with Gasteiger partial charge >= 0.3 is 0 Å². The molecule has 2 heterocycles. The number of amides is 1. The Bertz CT molecular complexity index is 1090. The van der Waals surface area contributed by atoms with Gasteiger partial charge in [-0.05, 0) is 49.4 Å². The minimum absolute atomic E-state index is 0.0835. The van der Waals surface area contributed by atoms with Gasteiger partial charge in [0, 0.05) is 41.8 Å². The van der Waals surface area contributed by atoms with E-state index in [1.54, 1.807) is 30.0 Å². The average molecular weight is 492 g/mol. The van der Waals surface area contributed by atoms with E-state index in [1.807, 2.05) is 36.4 Å². The van der Waals surface area contributed by atoms with Crippen LogP contribution in [0.1, 0.15) is 6.92 Å². The van der Waals surface area contributed by atoms with Gasteiger partial charge in [-0.2, -0.15) is 0 Å². The third kappa shape index (κ3) is 5.26. The lowest BCUT2D eigenvalue weighted by molar-refractivity contribution is -0.138. The molecule has 6 nitrogen and oxygen atoms in total. The Kier molecular flexibility index (Phi) is 7.04. The fourth-order valence-corrected chi connectivity index (χ4v) is 4.07. The van der Waals surface area contributed by atoms with Crippen molar-refractivity contribution in [3.63, 3.8) is 0 Å². The maximum absolute atomic E-state index is 12.8. The molecule has 1 aliphatic rings. The van der Waals surface area contributed by atoms with Crippen LogP contribution in [0, 0.1) is 0 Å². The highest BCUT2D eigenvalue weighted by molar-refractivity contribution is 6.35. The predicted molar refractivity (Wildman–Crippen MR) is 128 cm³/mol. The maximum atomic E-state index is 12.8. The summed E-state index contributed by atoms with van der Waals surface area (Å²) in [5.41, 5.74) is 1.74.